The highest BCUT2D eigenvalue weighted by Crippen LogP contribution is 2.38. The van der Waals surface area contributed by atoms with Gasteiger partial charge in [0, 0.05) is 12.6 Å². The Morgan fingerprint density at radius 3 is 2.79 bits per heavy atom. The van der Waals surface area contributed by atoms with Crippen LogP contribution < -0.4 is 11.1 Å². The fraction of sp³-hybridized carbons (Fsp3) is 0.571. The minimum absolute atomic E-state index is 0.0499. The Morgan fingerprint density at radius 2 is 2.07 bits per heavy atom. The molecule has 28 heavy (non-hydrogen) atoms. The van der Waals surface area contributed by atoms with E-state index in [4.69, 9.17) is 15.8 Å². The fourth-order valence-electron chi connectivity index (χ4n) is 4.38. The highest BCUT2D eigenvalue weighted by molar-refractivity contribution is 6.40. The lowest BCUT2D eigenvalue weighted by Crippen LogP contribution is -2.61. The van der Waals surface area contributed by atoms with Gasteiger partial charge in [-0.25, -0.2) is 0 Å². The highest BCUT2D eigenvalue weighted by atomic mass is 16.4. The lowest BCUT2D eigenvalue weighted by atomic mass is 9.66. The summed E-state index contributed by atoms with van der Waals surface area (Å²) in [7, 11) is -1.34. The average Bonchev–Trinajstić information content (AvgIpc) is 2.63. The Balaban J connectivity index is 1.49. The second kappa shape index (κ2) is 9.22. The number of nitrogens with one attached hydrogen (secondary N) is 1. The van der Waals surface area contributed by atoms with Gasteiger partial charge in [0.15, 0.2) is 0 Å². The number of carboxylic acids is 1. The van der Waals surface area contributed by atoms with Gasteiger partial charge in [-0.3, -0.25) is 4.79 Å². The third-order valence-corrected chi connectivity index (χ3v) is 6.30. The Bertz CT molecular complexity index is 718. The molecule has 7 heteroatoms. The van der Waals surface area contributed by atoms with E-state index in [-0.39, 0.29) is 18.3 Å². The van der Waals surface area contributed by atoms with Gasteiger partial charge in [0.1, 0.15) is 5.54 Å². The summed E-state index contributed by atoms with van der Waals surface area (Å²) in [6.45, 7) is 0.782. The zero-order chi connectivity index (χ0) is 20.1. The first-order valence-electron chi connectivity index (χ1n) is 10.3. The van der Waals surface area contributed by atoms with Crippen LogP contribution in [0.4, 0.5) is 0 Å². The van der Waals surface area contributed by atoms with Crippen LogP contribution in [0.5, 0.6) is 0 Å². The van der Waals surface area contributed by atoms with Crippen molar-refractivity contribution in [2.45, 2.75) is 69.4 Å². The van der Waals surface area contributed by atoms with E-state index in [0.717, 1.165) is 32.2 Å². The molecule has 1 saturated carbocycles. The second-order valence-electron chi connectivity index (χ2n) is 8.25. The number of allylic oxidation sites excluding steroid dienone is 1. The minimum Gasteiger partial charge on any atom is -0.480 e. The van der Waals surface area contributed by atoms with Crippen molar-refractivity contribution >= 4 is 19.2 Å². The quantitative estimate of drug-likeness (QED) is 0.310. The zero-order valence-electron chi connectivity index (χ0n) is 16.3. The first-order chi connectivity index (χ1) is 13.4. The lowest BCUT2D eigenvalue weighted by Gasteiger charge is -2.45. The van der Waals surface area contributed by atoms with Gasteiger partial charge < -0.3 is 26.2 Å². The molecule has 1 aromatic carbocycles. The lowest BCUT2D eigenvalue weighted by molar-refractivity contribution is -0.148. The predicted octanol–water partition coefficient (Wildman–Crippen LogP) is 1.94. The van der Waals surface area contributed by atoms with Crippen LogP contribution in [0.25, 0.3) is 6.08 Å². The molecule has 152 valence electrons. The molecule has 6 N–H and O–H groups in total. The number of carboxylic acid groups (broad SMARTS) is 1. The molecule has 0 saturated heterocycles. The Morgan fingerprint density at radius 1 is 1.29 bits per heavy atom. The maximum Gasteiger partial charge on any atom is 0.451 e. The molecule has 1 fully saturated rings. The molecule has 6 nitrogen and oxygen atoms in total. The van der Waals surface area contributed by atoms with Gasteiger partial charge in [0.25, 0.3) is 0 Å². The molecule has 1 unspecified atom stereocenters. The van der Waals surface area contributed by atoms with Crippen molar-refractivity contribution in [1.29, 1.82) is 0 Å². The Hall–Kier alpha value is -1.67. The molecule has 2 aliphatic carbocycles. The number of benzene rings is 1. The Kier molecular flexibility index (Phi) is 6.93. The summed E-state index contributed by atoms with van der Waals surface area (Å²) in [5.41, 5.74) is 9.04. The summed E-state index contributed by atoms with van der Waals surface area (Å²) >= 11 is 0. The number of aryl methyl sites for hydroxylation is 1. The molecule has 1 aromatic rings. The van der Waals surface area contributed by atoms with E-state index in [1.54, 1.807) is 0 Å². The van der Waals surface area contributed by atoms with Crippen LogP contribution in [-0.4, -0.2) is 39.8 Å². The van der Waals surface area contributed by atoms with Gasteiger partial charge in [-0.2, -0.15) is 0 Å². The minimum atomic E-state index is -1.34. The van der Waals surface area contributed by atoms with E-state index in [0.29, 0.717) is 19.3 Å². The predicted molar refractivity (Wildman–Crippen MR) is 111 cm³/mol. The van der Waals surface area contributed by atoms with Crippen molar-refractivity contribution in [3.8, 4) is 0 Å². The van der Waals surface area contributed by atoms with E-state index in [1.165, 1.54) is 16.7 Å². The van der Waals surface area contributed by atoms with E-state index in [1.807, 2.05) is 0 Å². The first-order valence-corrected chi connectivity index (χ1v) is 10.3. The summed E-state index contributed by atoms with van der Waals surface area (Å²) < 4.78 is 0. The molecule has 3 rings (SSSR count). The second-order valence-corrected chi connectivity index (χ2v) is 8.25. The summed E-state index contributed by atoms with van der Waals surface area (Å²) in [6, 6.07) is 6.73. The molecule has 0 amide bonds. The van der Waals surface area contributed by atoms with Crippen molar-refractivity contribution in [2.24, 2.45) is 11.7 Å². The number of hydrogen-bond donors (Lipinski definition) is 5. The van der Waals surface area contributed by atoms with Gasteiger partial charge in [-0.1, -0.05) is 43.2 Å². The number of hydrogen-bond acceptors (Lipinski definition) is 5. The smallest absolute Gasteiger partial charge is 0.451 e. The number of aliphatic carboxylic acids is 1. The van der Waals surface area contributed by atoms with E-state index >= 15 is 0 Å². The van der Waals surface area contributed by atoms with E-state index in [2.05, 4.69) is 35.7 Å². The summed E-state index contributed by atoms with van der Waals surface area (Å²) in [4.78, 5) is 11.8. The van der Waals surface area contributed by atoms with E-state index in [9.17, 15) is 9.90 Å². The monoisotopic (exact) mass is 386 g/mol. The molecule has 1 atom stereocenters. The summed E-state index contributed by atoms with van der Waals surface area (Å²) in [5, 5.41) is 31.0. The maximum absolute atomic E-state index is 11.8. The van der Waals surface area contributed by atoms with Crippen molar-refractivity contribution in [1.82, 2.24) is 5.32 Å². The molecule has 0 aromatic heterocycles. The van der Waals surface area contributed by atoms with Crippen LogP contribution in [-0.2, 0) is 17.8 Å². The third kappa shape index (κ3) is 4.84. The van der Waals surface area contributed by atoms with Crippen molar-refractivity contribution in [3.63, 3.8) is 0 Å². The normalized spacial score (nSPS) is 22.8. The highest BCUT2D eigenvalue weighted by Gasteiger charge is 2.48. The molecular formula is C21H31BN2O4. The van der Waals surface area contributed by atoms with Crippen LogP contribution in [0, 0.1) is 5.92 Å². The standard InChI is InChI=1S/C21H31BN2O4/c23-21(20(25)26,10-3-4-11-22(27)28)17-12-18(13-17)24-14-16-8-5-7-15-6-1-2-9-19(15)16/h2,5,7-9,17-18,24,27-28H,1,3-4,6,10-14,23H2,(H,25,26). The zero-order valence-corrected chi connectivity index (χ0v) is 16.3. The third-order valence-electron chi connectivity index (χ3n) is 6.30. The molecule has 0 spiro atoms. The van der Waals surface area contributed by atoms with Crippen LogP contribution in [0.3, 0.4) is 0 Å². The first kappa shape index (κ1) is 21.1. The van der Waals surface area contributed by atoms with Crippen LogP contribution in [0.15, 0.2) is 24.3 Å². The van der Waals surface area contributed by atoms with Crippen molar-refractivity contribution in [2.75, 3.05) is 0 Å². The van der Waals surface area contributed by atoms with Gasteiger partial charge in [-0.15, -0.1) is 0 Å². The van der Waals surface area contributed by atoms with Crippen molar-refractivity contribution < 1.29 is 19.9 Å². The largest absolute Gasteiger partial charge is 0.480 e. The summed E-state index contributed by atoms with van der Waals surface area (Å²) in [5.74, 6) is -1.01. The molecular weight excluding hydrogens is 355 g/mol. The number of nitrogens with two attached hydrogens (primary N) is 1. The number of carbonyl (C=O) groups is 1. The Labute approximate surface area is 167 Å². The average molecular weight is 386 g/mol. The van der Waals surface area contributed by atoms with Gasteiger partial charge in [-0.05, 0) is 61.0 Å². The maximum atomic E-state index is 11.8. The number of unbranched alkanes of at least 4 members (excludes halogenated alkanes) is 1. The SMILES string of the molecule is NC(CCCCB(O)O)(C(=O)O)C1CC(NCc2cccc3c2C=CCC3)C1. The summed E-state index contributed by atoms with van der Waals surface area (Å²) in [6.07, 6.45) is 9.89. The number of rotatable bonds is 10. The van der Waals surface area contributed by atoms with Crippen LogP contribution >= 0.6 is 0 Å². The van der Waals surface area contributed by atoms with Gasteiger partial charge in [0.2, 0.25) is 0 Å². The van der Waals surface area contributed by atoms with Gasteiger partial charge in [0.05, 0.1) is 0 Å². The number of fused-ring (bicyclic) bond motifs is 1. The van der Waals surface area contributed by atoms with Crippen LogP contribution in [0.1, 0.15) is 55.2 Å². The topological polar surface area (TPSA) is 116 Å². The van der Waals surface area contributed by atoms with Crippen LogP contribution in [0.2, 0.25) is 6.32 Å². The fourth-order valence-corrected chi connectivity index (χ4v) is 4.38. The van der Waals surface area contributed by atoms with Crippen molar-refractivity contribution in [3.05, 3.63) is 41.0 Å². The molecule has 0 radical (unpaired) electrons. The molecule has 0 heterocycles. The molecule has 0 bridgehead atoms. The molecule has 2 aliphatic rings. The van der Waals surface area contributed by atoms with Gasteiger partial charge >= 0.3 is 13.1 Å². The van der Waals surface area contributed by atoms with E-state index < -0.39 is 18.6 Å². The molecule has 0 aliphatic heterocycles.